The van der Waals surface area contributed by atoms with Gasteiger partial charge in [0.25, 0.3) is 5.56 Å². The molecule has 14 heavy (non-hydrogen) atoms. The van der Waals surface area contributed by atoms with E-state index < -0.39 is 0 Å². The molecule has 0 amide bonds. The van der Waals surface area contributed by atoms with Crippen LogP contribution in [0.2, 0.25) is 0 Å². The number of nitrogens with one attached hydrogen (secondary N) is 1. The highest BCUT2D eigenvalue weighted by Gasteiger charge is 2.04. The fourth-order valence-corrected chi connectivity index (χ4v) is 2.02. The molecule has 2 aromatic rings. The van der Waals surface area contributed by atoms with E-state index in [4.69, 9.17) is 0 Å². The van der Waals surface area contributed by atoms with Crippen molar-refractivity contribution in [1.82, 2.24) is 14.9 Å². The first-order valence-electron chi connectivity index (χ1n) is 4.28. The summed E-state index contributed by atoms with van der Waals surface area (Å²) in [7, 11) is 3.88. The average Bonchev–Trinajstić information content (AvgIpc) is 2.50. The van der Waals surface area contributed by atoms with Crippen LogP contribution in [0, 0.1) is 0 Å². The molecule has 1 N–H and O–H groups in total. The molecule has 2 heterocycles. The van der Waals surface area contributed by atoms with E-state index in [1.165, 1.54) is 11.3 Å². The van der Waals surface area contributed by atoms with Crippen molar-refractivity contribution in [2.24, 2.45) is 0 Å². The second-order valence-electron chi connectivity index (χ2n) is 3.39. The Morgan fingerprint density at radius 1 is 1.57 bits per heavy atom. The van der Waals surface area contributed by atoms with E-state index in [1.54, 1.807) is 0 Å². The van der Waals surface area contributed by atoms with Gasteiger partial charge in [0.1, 0.15) is 10.5 Å². The molecule has 0 unspecified atom stereocenters. The summed E-state index contributed by atoms with van der Waals surface area (Å²) in [6.45, 7) is 0.654. The van der Waals surface area contributed by atoms with Crippen LogP contribution in [0.3, 0.4) is 0 Å². The van der Waals surface area contributed by atoms with Crippen LogP contribution < -0.4 is 5.56 Å². The molecule has 0 saturated carbocycles. The summed E-state index contributed by atoms with van der Waals surface area (Å²) in [6, 6.07) is 1.87. The van der Waals surface area contributed by atoms with Crippen LogP contribution in [-0.2, 0) is 6.54 Å². The van der Waals surface area contributed by atoms with E-state index in [1.807, 2.05) is 30.4 Å². The van der Waals surface area contributed by atoms with Crippen LogP contribution in [0.1, 0.15) is 5.82 Å². The normalized spacial score (nSPS) is 11.4. The number of hydrogen-bond acceptors (Lipinski definition) is 4. The summed E-state index contributed by atoms with van der Waals surface area (Å²) in [5.74, 6) is 0.714. The van der Waals surface area contributed by atoms with E-state index in [9.17, 15) is 4.79 Å². The van der Waals surface area contributed by atoms with Gasteiger partial charge in [-0.1, -0.05) is 0 Å². The fraction of sp³-hybridized carbons (Fsp3) is 0.333. The Hall–Kier alpha value is -1.20. The second-order valence-corrected chi connectivity index (χ2v) is 4.30. The van der Waals surface area contributed by atoms with Gasteiger partial charge in [-0.3, -0.25) is 4.79 Å². The van der Waals surface area contributed by atoms with Gasteiger partial charge in [0, 0.05) is 0 Å². The predicted octanol–water partition coefficient (Wildman–Crippen LogP) is 1.05. The lowest BCUT2D eigenvalue weighted by Crippen LogP contribution is -2.17. The van der Waals surface area contributed by atoms with Crippen LogP contribution in [0.15, 0.2) is 16.2 Å². The highest BCUT2D eigenvalue weighted by molar-refractivity contribution is 7.17. The highest BCUT2D eigenvalue weighted by Crippen LogP contribution is 2.13. The molecule has 0 radical (unpaired) electrons. The molecule has 0 fully saturated rings. The van der Waals surface area contributed by atoms with E-state index in [-0.39, 0.29) is 5.56 Å². The highest BCUT2D eigenvalue weighted by atomic mass is 32.1. The van der Waals surface area contributed by atoms with E-state index in [2.05, 4.69) is 9.97 Å². The first-order chi connectivity index (χ1) is 6.66. The maximum absolute atomic E-state index is 11.5. The van der Waals surface area contributed by atoms with Gasteiger partial charge < -0.3 is 9.88 Å². The smallest absolute Gasteiger partial charge is 0.268 e. The zero-order chi connectivity index (χ0) is 10.1. The Labute approximate surface area is 85.2 Å². The Bertz CT molecular complexity index is 500. The molecule has 4 nitrogen and oxygen atoms in total. The minimum atomic E-state index is -0.0400. The summed E-state index contributed by atoms with van der Waals surface area (Å²) >= 11 is 1.42. The van der Waals surface area contributed by atoms with Gasteiger partial charge in [0.2, 0.25) is 0 Å². The molecular formula is C9H11N3OS. The number of nitrogens with zero attached hydrogens (tertiary/aromatic N) is 2. The summed E-state index contributed by atoms with van der Waals surface area (Å²) < 4.78 is 0.701. The van der Waals surface area contributed by atoms with E-state index in [0.29, 0.717) is 17.1 Å². The lowest BCUT2D eigenvalue weighted by atomic mass is 10.4. The van der Waals surface area contributed by atoms with Crippen molar-refractivity contribution in [3.63, 3.8) is 0 Å². The minimum Gasteiger partial charge on any atom is -0.308 e. The van der Waals surface area contributed by atoms with Crippen molar-refractivity contribution in [3.8, 4) is 0 Å². The predicted molar refractivity (Wildman–Crippen MR) is 57.6 cm³/mol. The standard InChI is InChI=1S/C9H11N3OS/c1-12(2)5-7-10-6-3-4-14-8(6)9(13)11-7/h3-4H,5H2,1-2H3,(H,10,11,13). The van der Waals surface area contributed by atoms with Gasteiger partial charge >= 0.3 is 0 Å². The third-order valence-corrected chi connectivity index (χ3v) is 2.73. The SMILES string of the molecule is CN(C)Cc1nc2ccsc2c(=O)[nH]1. The van der Waals surface area contributed by atoms with Gasteiger partial charge in [-0.05, 0) is 25.5 Å². The third kappa shape index (κ3) is 1.69. The number of aromatic amines is 1. The van der Waals surface area contributed by atoms with Gasteiger partial charge in [0.15, 0.2) is 0 Å². The molecule has 0 aliphatic rings. The molecule has 2 aromatic heterocycles. The quantitative estimate of drug-likeness (QED) is 0.804. The van der Waals surface area contributed by atoms with E-state index in [0.717, 1.165) is 5.52 Å². The molecule has 0 spiro atoms. The first-order valence-corrected chi connectivity index (χ1v) is 5.16. The van der Waals surface area contributed by atoms with E-state index >= 15 is 0 Å². The molecule has 0 aliphatic heterocycles. The number of aromatic nitrogens is 2. The molecule has 0 aromatic carbocycles. The van der Waals surface area contributed by atoms with Crippen molar-refractivity contribution in [3.05, 3.63) is 27.6 Å². The number of thiophene rings is 1. The Morgan fingerprint density at radius 2 is 2.36 bits per heavy atom. The molecule has 0 bridgehead atoms. The van der Waals surface area contributed by atoms with Crippen molar-refractivity contribution in [1.29, 1.82) is 0 Å². The zero-order valence-electron chi connectivity index (χ0n) is 8.07. The fourth-order valence-electron chi connectivity index (χ4n) is 1.30. The summed E-state index contributed by atoms with van der Waals surface area (Å²) in [5.41, 5.74) is 0.748. The molecule has 0 saturated heterocycles. The third-order valence-electron chi connectivity index (χ3n) is 1.83. The topological polar surface area (TPSA) is 49.0 Å². The molecule has 74 valence electrons. The van der Waals surface area contributed by atoms with Gasteiger partial charge in [-0.15, -0.1) is 11.3 Å². The van der Waals surface area contributed by atoms with Gasteiger partial charge in [0.05, 0.1) is 12.1 Å². The summed E-state index contributed by atoms with van der Waals surface area (Å²) in [6.07, 6.45) is 0. The molecule has 0 atom stereocenters. The minimum absolute atomic E-state index is 0.0400. The van der Waals surface area contributed by atoms with Crippen LogP contribution in [0.5, 0.6) is 0 Å². The summed E-state index contributed by atoms with van der Waals surface area (Å²) in [4.78, 5) is 20.6. The number of fused-ring (bicyclic) bond motifs is 1. The molecule has 5 heteroatoms. The average molecular weight is 209 g/mol. The monoisotopic (exact) mass is 209 g/mol. The van der Waals surface area contributed by atoms with Crippen LogP contribution in [0.25, 0.3) is 10.2 Å². The zero-order valence-corrected chi connectivity index (χ0v) is 8.89. The maximum Gasteiger partial charge on any atom is 0.268 e. The summed E-state index contributed by atoms with van der Waals surface area (Å²) in [5, 5.41) is 1.88. The van der Waals surface area contributed by atoms with Crippen molar-refractivity contribution in [2.75, 3.05) is 14.1 Å². The Balaban J connectivity index is 2.53. The number of H-pyrrole nitrogens is 1. The van der Waals surface area contributed by atoms with Crippen molar-refractivity contribution in [2.45, 2.75) is 6.54 Å². The lowest BCUT2D eigenvalue weighted by Gasteiger charge is -2.07. The number of hydrogen-bond donors (Lipinski definition) is 1. The molecule has 2 rings (SSSR count). The maximum atomic E-state index is 11.5. The van der Waals surface area contributed by atoms with Crippen LogP contribution >= 0.6 is 11.3 Å². The van der Waals surface area contributed by atoms with Gasteiger partial charge in [-0.2, -0.15) is 0 Å². The Morgan fingerprint density at radius 3 is 3.07 bits per heavy atom. The lowest BCUT2D eigenvalue weighted by molar-refractivity contribution is 0.390. The van der Waals surface area contributed by atoms with Crippen LogP contribution in [-0.4, -0.2) is 29.0 Å². The van der Waals surface area contributed by atoms with Crippen LogP contribution in [0.4, 0.5) is 0 Å². The largest absolute Gasteiger partial charge is 0.308 e. The second kappa shape index (κ2) is 3.51. The van der Waals surface area contributed by atoms with Crippen molar-refractivity contribution >= 4 is 21.6 Å². The van der Waals surface area contributed by atoms with Crippen molar-refractivity contribution < 1.29 is 0 Å². The Kier molecular flexibility index (Phi) is 2.35. The molecular weight excluding hydrogens is 198 g/mol. The number of rotatable bonds is 2. The van der Waals surface area contributed by atoms with Gasteiger partial charge in [-0.25, -0.2) is 4.98 Å². The molecule has 0 aliphatic carbocycles. The first kappa shape index (κ1) is 9.36.